The summed E-state index contributed by atoms with van der Waals surface area (Å²) in [6, 6.07) is 1.74. The Morgan fingerprint density at radius 2 is 2.10 bits per heavy atom. The Hall–Kier alpha value is -1.72. The Morgan fingerprint density at radius 3 is 2.73 bits per heavy atom. The van der Waals surface area contributed by atoms with Gasteiger partial charge >= 0.3 is 5.97 Å². The SMILES string of the molecule is Cc1sc(C2CCCN2C(=O)CN(C)CC(=O)O)cc1C(=O)Nc1ncc(Cl)s1.Cl. The van der Waals surface area contributed by atoms with E-state index in [1.165, 1.54) is 33.8 Å². The molecule has 12 heteroatoms. The molecule has 1 aliphatic heterocycles. The highest BCUT2D eigenvalue weighted by molar-refractivity contribution is 7.19. The van der Waals surface area contributed by atoms with Crippen molar-refractivity contribution < 1.29 is 19.5 Å². The van der Waals surface area contributed by atoms with Crippen molar-refractivity contribution in [1.29, 1.82) is 0 Å². The van der Waals surface area contributed by atoms with Gasteiger partial charge in [0, 0.05) is 16.3 Å². The average Bonchev–Trinajstić information content (AvgIpc) is 3.33. The number of nitrogens with one attached hydrogen (secondary N) is 1. The second-order valence-electron chi connectivity index (χ2n) is 6.85. The number of anilines is 1. The molecule has 0 radical (unpaired) electrons. The number of carboxylic acid groups (broad SMARTS) is 1. The van der Waals surface area contributed by atoms with Crippen LogP contribution in [0.3, 0.4) is 0 Å². The summed E-state index contributed by atoms with van der Waals surface area (Å²) in [6.45, 7) is 2.36. The molecule has 3 heterocycles. The van der Waals surface area contributed by atoms with Gasteiger partial charge in [-0.3, -0.25) is 24.6 Å². The molecule has 2 amide bonds. The smallest absolute Gasteiger partial charge is 0.317 e. The predicted molar refractivity (Wildman–Crippen MR) is 120 cm³/mol. The van der Waals surface area contributed by atoms with Crippen molar-refractivity contribution in [2.75, 3.05) is 32.0 Å². The fourth-order valence-corrected chi connectivity index (χ4v) is 5.32. The van der Waals surface area contributed by atoms with Gasteiger partial charge < -0.3 is 10.0 Å². The summed E-state index contributed by atoms with van der Waals surface area (Å²) >= 11 is 8.54. The van der Waals surface area contributed by atoms with Gasteiger partial charge in [-0.15, -0.1) is 23.7 Å². The molecule has 1 aliphatic rings. The first-order valence-corrected chi connectivity index (χ1v) is 11.0. The van der Waals surface area contributed by atoms with E-state index in [0.29, 0.717) is 21.6 Å². The molecule has 2 N–H and O–H groups in total. The number of amides is 2. The maximum Gasteiger partial charge on any atom is 0.317 e. The van der Waals surface area contributed by atoms with E-state index in [2.05, 4.69) is 10.3 Å². The first-order valence-electron chi connectivity index (χ1n) is 8.97. The Labute approximate surface area is 193 Å². The van der Waals surface area contributed by atoms with Crippen LogP contribution in [0, 0.1) is 6.92 Å². The van der Waals surface area contributed by atoms with Crippen LogP contribution in [0.4, 0.5) is 5.13 Å². The van der Waals surface area contributed by atoms with E-state index in [-0.39, 0.29) is 43.4 Å². The lowest BCUT2D eigenvalue weighted by Gasteiger charge is -2.26. The minimum absolute atomic E-state index is 0. The summed E-state index contributed by atoms with van der Waals surface area (Å²) in [5.41, 5.74) is 0.554. The van der Waals surface area contributed by atoms with Gasteiger partial charge in [0.15, 0.2) is 5.13 Å². The summed E-state index contributed by atoms with van der Waals surface area (Å²) in [6.07, 6.45) is 3.17. The molecule has 1 unspecified atom stereocenters. The zero-order valence-electron chi connectivity index (χ0n) is 16.4. The normalized spacial score (nSPS) is 15.9. The Morgan fingerprint density at radius 1 is 1.37 bits per heavy atom. The van der Waals surface area contributed by atoms with Crippen LogP contribution >= 0.6 is 46.7 Å². The number of thiophene rings is 1. The molecule has 0 aliphatic carbocycles. The maximum atomic E-state index is 12.7. The van der Waals surface area contributed by atoms with Gasteiger partial charge in [-0.05, 0) is 32.9 Å². The largest absolute Gasteiger partial charge is 0.480 e. The van der Waals surface area contributed by atoms with Crippen molar-refractivity contribution in [2.24, 2.45) is 0 Å². The number of hydrogen-bond donors (Lipinski definition) is 2. The lowest BCUT2D eigenvalue weighted by atomic mass is 10.1. The zero-order chi connectivity index (χ0) is 21.1. The third-order valence-electron chi connectivity index (χ3n) is 4.59. The molecule has 164 valence electrons. The molecule has 0 bridgehead atoms. The number of likely N-dealkylation sites (N-methyl/N-ethyl adjacent to an activating group) is 1. The summed E-state index contributed by atoms with van der Waals surface area (Å²) in [4.78, 5) is 45.2. The molecular weight excluding hydrogens is 471 g/mol. The van der Waals surface area contributed by atoms with Crippen molar-refractivity contribution in [3.63, 3.8) is 0 Å². The number of hydrogen-bond acceptors (Lipinski definition) is 7. The fourth-order valence-electron chi connectivity index (χ4n) is 3.34. The Bertz CT molecular complexity index is 933. The monoisotopic (exact) mass is 492 g/mol. The van der Waals surface area contributed by atoms with Crippen molar-refractivity contribution in [1.82, 2.24) is 14.8 Å². The van der Waals surface area contributed by atoms with Crippen LogP contribution in [0.1, 0.15) is 39.0 Å². The third-order valence-corrected chi connectivity index (χ3v) is 6.77. The van der Waals surface area contributed by atoms with Gasteiger partial charge in [0.1, 0.15) is 4.34 Å². The van der Waals surface area contributed by atoms with Gasteiger partial charge in [0.2, 0.25) is 5.91 Å². The molecule has 0 saturated carbocycles. The number of carbonyl (C=O) groups excluding carboxylic acids is 2. The molecule has 0 aromatic carbocycles. The van der Waals surface area contributed by atoms with Crippen molar-refractivity contribution >= 4 is 69.6 Å². The van der Waals surface area contributed by atoms with Crippen LogP contribution < -0.4 is 5.32 Å². The van der Waals surface area contributed by atoms with Crippen molar-refractivity contribution in [3.05, 3.63) is 31.9 Å². The van der Waals surface area contributed by atoms with E-state index >= 15 is 0 Å². The van der Waals surface area contributed by atoms with Crippen LogP contribution in [-0.2, 0) is 9.59 Å². The number of aliphatic carboxylic acids is 1. The van der Waals surface area contributed by atoms with Gasteiger partial charge in [0.05, 0.1) is 30.9 Å². The highest BCUT2D eigenvalue weighted by Crippen LogP contribution is 2.37. The number of aryl methyl sites for hydroxylation is 1. The first kappa shape index (κ1) is 24.5. The molecule has 3 rings (SSSR count). The van der Waals surface area contributed by atoms with Gasteiger partial charge in [-0.1, -0.05) is 22.9 Å². The predicted octanol–water partition coefficient (Wildman–Crippen LogP) is 3.52. The van der Waals surface area contributed by atoms with E-state index in [1.54, 1.807) is 11.9 Å². The minimum atomic E-state index is -0.968. The molecule has 1 fully saturated rings. The number of thiazole rings is 1. The molecule has 1 atom stereocenters. The lowest BCUT2D eigenvalue weighted by molar-refractivity contribution is -0.139. The van der Waals surface area contributed by atoms with Crippen molar-refractivity contribution in [3.8, 4) is 0 Å². The first-order chi connectivity index (χ1) is 13.7. The average molecular weight is 493 g/mol. The number of likely N-dealkylation sites (tertiary alicyclic amines) is 1. The van der Waals surface area contributed by atoms with Gasteiger partial charge in [-0.2, -0.15) is 0 Å². The van der Waals surface area contributed by atoms with Crippen LogP contribution in [0.15, 0.2) is 12.3 Å². The number of carboxylic acids is 1. The minimum Gasteiger partial charge on any atom is -0.480 e. The number of rotatable bonds is 7. The molecule has 2 aromatic heterocycles. The molecular formula is C18H22Cl2N4O4S2. The summed E-state index contributed by atoms with van der Waals surface area (Å²) < 4.78 is 0.496. The van der Waals surface area contributed by atoms with Crippen LogP contribution in [-0.4, -0.2) is 64.4 Å². The quantitative estimate of drug-likeness (QED) is 0.612. The number of halogens is 2. The van der Waals surface area contributed by atoms with Crippen molar-refractivity contribution in [2.45, 2.75) is 25.8 Å². The highest BCUT2D eigenvalue weighted by atomic mass is 35.5. The van der Waals surface area contributed by atoms with E-state index in [4.69, 9.17) is 16.7 Å². The molecule has 2 aromatic rings. The third kappa shape index (κ3) is 5.92. The van der Waals surface area contributed by atoms with E-state index in [0.717, 1.165) is 22.6 Å². The standard InChI is InChI=1S/C18H21ClN4O4S2.ClH/c1-10-11(17(27)21-18-20-7-14(19)29-18)6-13(28-10)12-4-3-5-23(12)15(24)8-22(2)9-16(25)26;/h6-7,12H,3-5,8-9H2,1-2H3,(H,25,26)(H,20,21,27);1H. The zero-order valence-corrected chi connectivity index (χ0v) is 19.6. The lowest BCUT2D eigenvalue weighted by Crippen LogP contribution is -2.40. The summed E-state index contributed by atoms with van der Waals surface area (Å²) in [5, 5.41) is 12.1. The van der Waals surface area contributed by atoms with Crippen LogP contribution in [0.5, 0.6) is 0 Å². The second-order valence-corrected chi connectivity index (χ2v) is 9.80. The van der Waals surface area contributed by atoms with E-state index in [1.807, 2.05) is 13.0 Å². The number of aromatic nitrogens is 1. The number of carbonyl (C=O) groups is 3. The molecule has 30 heavy (non-hydrogen) atoms. The van der Waals surface area contributed by atoms with Crippen LogP contribution in [0.25, 0.3) is 0 Å². The highest BCUT2D eigenvalue weighted by Gasteiger charge is 2.32. The van der Waals surface area contributed by atoms with Gasteiger partial charge in [0.25, 0.3) is 5.91 Å². The molecule has 0 spiro atoms. The molecule has 1 saturated heterocycles. The summed E-state index contributed by atoms with van der Waals surface area (Å²) in [7, 11) is 1.61. The fraction of sp³-hybridized carbons (Fsp3) is 0.444. The Balaban J connectivity index is 0.00000320. The summed E-state index contributed by atoms with van der Waals surface area (Å²) in [5.74, 6) is -1.33. The van der Waals surface area contributed by atoms with E-state index in [9.17, 15) is 14.4 Å². The topological polar surface area (TPSA) is 103 Å². The Kier molecular flexibility index (Phi) is 8.62. The van der Waals surface area contributed by atoms with E-state index < -0.39 is 5.97 Å². The van der Waals surface area contributed by atoms with Crippen LogP contribution in [0.2, 0.25) is 4.34 Å². The molecule has 8 nitrogen and oxygen atoms in total. The maximum absolute atomic E-state index is 12.7. The second kappa shape index (κ2) is 10.5. The number of nitrogens with zero attached hydrogens (tertiary/aromatic N) is 3. The van der Waals surface area contributed by atoms with Gasteiger partial charge in [-0.25, -0.2) is 4.98 Å².